The number of hydrogen-bond acceptors (Lipinski definition) is 6. The number of benzene rings is 1. The van der Waals surface area contributed by atoms with E-state index in [9.17, 15) is 19.1 Å². The molecule has 0 amide bonds. The summed E-state index contributed by atoms with van der Waals surface area (Å²) in [4.78, 5) is 29.3. The number of ketones is 1. The molecule has 1 aromatic heterocycles. The standard InChI is InChI=1S/C17H18FN3O3S/c1-3-21-7-12(17(23)24)15(22)11-4-13(18)10(5-14(11)21)16-20-9(6-19-2)8-25-16/h4-5,8,12,19H,3,6-7H2,1-2H3,(H,23,24)/i1T2,3T2. The van der Waals surface area contributed by atoms with E-state index >= 15 is 0 Å². The summed E-state index contributed by atoms with van der Waals surface area (Å²) in [5.41, 5.74) is 0.367. The Morgan fingerprint density at radius 3 is 3.08 bits per heavy atom. The number of hydrogen-bond donors (Lipinski definition) is 2. The first kappa shape index (κ1) is 13.0. The number of aromatic nitrogens is 1. The maximum Gasteiger partial charge on any atom is 0.316 e. The van der Waals surface area contributed by atoms with Crippen LogP contribution in [0.15, 0.2) is 17.5 Å². The number of rotatable bonds is 5. The summed E-state index contributed by atoms with van der Waals surface area (Å²) >= 11 is 1.17. The fourth-order valence-electron chi connectivity index (χ4n) is 2.70. The summed E-state index contributed by atoms with van der Waals surface area (Å²) in [6.07, 6.45) is 0. The number of Topliss-reactive ketones (excluding diaryl/α,β-unsaturated/α-hetero) is 1. The van der Waals surface area contributed by atoms with Crippen LogP contribution in [0, 0.1) is 11.7 Å². The lowest BCUT2D eigenvalue weighted by molar-refractivity contribution is -0.139. The average Bonchev–Trinajstić information content (AvgIpc) is 3.10. The van der Waals surface area contributed by atoms with Crippen molar-refractivity contribution in [1.29, 1.82) is 0 Å². The Hall–Kier alpha value is -2.32. The highest BCUT2D eigenvalue weighted by Gasteiger charge is 2.37. The van der Waals surface area contributed by atoms with Crippen LogP contribution in [0.4, 0.5) is 10.1 Å². The Bertz CT molecular complexity index is 969. The SMILES string of the molecule is [3H]C([3H])C([3H])([3H])N1CC(C(=O)O)C(=O)c2cc(F)c(-c3nc(CNC)cs3)cc21. The Morgan fingerprint density at radius 1 is 1.60 bits per heavy atom. The van der Waals surface area contributed by atoms with Gasteiger partial charge in [0.2, 0.25) is 0 Å². The number of thiazole rings is 1. The maximum absolute atomic E-state index is 14.8. The molecule has 2 aromatic rings. The minimum atomic E-state index is -2.60. The van der Waals surface area contributed by atoms with Crippen molar-refractivity contribution in [2.45, 2.75) is 13.4 Å². The van der Waals surface area contributed by atoms with Crippen LogP contribution in [0.1, 0.15) is 28.4 Å². The van der Waals surface area contributed by atoms with E-state index in [1.54, 1.807) is 12.4 Å². The van der Waals surface area contributed by atoms with Crippen molar-refractivity contribution in [3.05, 3.63) is 34.6 Å². The molecule has 0 saturated carbocycles. The van der Waals surface area contributed by atoms with Crippen LogP contribution < -0.4 is 10.2 Å². The number of anilines is 1. The molecular weight excluding hydrogens is 345 g/mol. The van der Waals surface area contributed by atoms with E-state index in [1.165, 1.54) is 17.4 Å². The lowest BCUT2D eigenvalue weighted by Crippen LogP contribution is -2.42. The fourth-order valence-corrected chi connectivity index (χ4v) is 3.54. The number of nitrogens with zero attached hydrogens (tertiary/aromatic N) is 2. The van der Waals surface area contributed by atoms with Crippen molar-refractivity contribution in [1.82, 2.24) is 10.3 Å². The predicted octanol–water partition coefficient (Wildman–Crippen LogP) is 2.39. The molecule has 3 rings (SSSR count). The van der Waals surface area contributed by atoms with E-state index in [-0.39, 0.29) is 16.8 Å². The highest BCUT2D eigenvalue weighted by Crippen LogP contribution is 2.36. The van der Waals surface area contributed by atoms with Crippen LogP contribution in [-0.2, 0) is 11.3 Å². The molecule has 25 heavy (non-hydrogen) atoms. The van der Waals surface area contributed by atoms with Crippen molar-refractivity contribution >= 4 is 28.8 Å². The van der Waals surface area contributed by atoms with Gasteiger partial charge in [0.25, 0.3) is 0 Å². The summed E-state index contributed by atoms with van der Waals surface area (Å²) in [5, 5.41) is 14.3. The number of halogens is 1. The number of aliphatic carboxylic acids is 1. The van der Waals surface area contributed by atoms with Gasteiger partial charge in [0.1, 0.15) is 16.7 Å². The third kappa shape index (κ3) is 3.14. The first-order chi connectivity index (χ1) is 13.6. The zero-order valence-corrected chi connectivity index (χ0v) is 14.1. The van der Waals surface area contributed by atoms with Gasteiger partial charge < -0.3 is 15.3 Å². The van der Waals surface area contributed by atoms with Gasteiger partial charge in [-0.25, -0.2) is 9.37 Å². The predicted molar refractivity (Wildman–Crippen MR) is 93.6 cm³/mol. The summed E-state index contributed by atoms with van der Waals surface area (Å²) in [5.74, 6) is -4.73. The van der Waals surface area contributed by atoms with Gasteiger partial charge in [-0.15, -0.1) is 11.3 Å². The number of fused-ring (bicyclic) bond motifs is 1. The third-order valence-electron chi connectivity index (χ3n) is 3.92. The first-order valence-corrected chi connectivity index (χ1v) is 8.28. The van der Waals surface area contributed by atoms with Crippen molar-refractivity contribution < 1.29 is 24.6 Å². The van der Waals surface area contributed by atoms with Crippen molar-refractivity contribution in [3.63, 3.8) is 0 Å². The van der Waals surface area contributed by atoms with Gasteiger partial charge in [-0.05, 0) is 26.1 Å². The molecule has 0 bridgehead atoms. The Kier molecular flexibility index (Phi) is 3.57. The van der Waals surface area contributed by atoms with Crippen LogP contribution >= 0.6 is 11.3 Å². The molecule has 132 valence electrons. The average molecular weight is 371 g/mol. The first-order valence-electron chi connectivity index (χ1n) is 9.55. The van der Waals surface area contributed by atoms with Crippen molar-refractivity contribution in [3.8, 4) is 10.6 Å². The van der Waals surface area contributed by atoms with E-state index in [4.69, 9.17) is 5.48 Å². The molecule has 1 aliphatic heterocycles. The molecule has 2 N–H and O–H groups in total. The number of carbonyl (C=O) groups excluding carboxylic acids is 1. The highest BCUT2D eigenvalue weighted by atomic mass is 32.1. The molecule has 1 aromatic carbocycles. The summed E-state index contributed by atoms with van der Waals surface area (Å²) in [6, 6.07) is 2.12. The second-order valence-corrected chi connectivity index (χ2v) is 6.38. The van der Waals surface area contributed by atoms with E-state index < -0.39 is 43.4 Å². The Morgan fingerprint density at radius 2 is 2.40 bits per heavy atom. The maximum atomic E-state index is 14.8. The van der Waals surface area contributed by atoms with Gasteiger partial charge >= 0.3 is 5.97 Å². The molecule has 0 fully saturated rings. The largest absolute Gasteiger partial charge is 0.481 e. The minimum Gasteiger partial charge on any atom is -0.481 e. The molecule has 0 aliphatic carbocycles. The smallest absolute Gasteiger partial charge is 0.316 e. The van der Waals surface area contributed by atoms with E-state index in [0.29, 0.717) is 17.2 Å². The second kappa shape index (κ2) is 6.89. The molecule has 0 saturated heterocycles. The molecule has 1 atom stereocenters. The molecule has 6 nitrogen and oxygen atoms in total. The normalized spacial score (nSPS) is 19.9. The molecule has 1 unspecified atom stereocenters. The number of carbonyl (C=O) groups is 2. The number of carboxylic acid groups (broad SMARTS) is 1. The zero-order valence-electron chi connectivity index (χ0n) is 17.2. The lowest BCUT2D eigenvalue weighted by atomic mass is 9.90. The molecule has 8 heteroatoms. The quantitative estimate of drug-likeness (QED) is 0.786. The van der Waals surface area contributed by atoms with Gasteiger partial charge in [-0.1, -0.05) is 0 Å². The van der Waals surface area contributed by atoms with Gasteiger partial charge in [-0.2, -0.15) is 0 Å². The van der Waals surface area contributed by atoms with E-state index in [0.717, 1.165) is 11.0 Å². The van der Waals surface area contributed by atoms with Crippen LogP contribution in [0.25, 0.3) is 10.6 Å². The Balaban J connectivity index is 2.18. The number of nitrogens with one attached hydrogen (secondary N) is 1. The fraction of sp³-hybridized carbons (Fsp3) is 0.353. The minimum absolute atomic E-state index is 0.0324. The topological polar surface area (TPSA) is 82.5 Å². The van der Waals surface area contributed by atoms with E-state index in [2.05, 4.69) is 10.3 Å². The molecule has 1 aliphatic rings. The molecule has 0 radical (unpaired) electrons. The third-order valence-corrected chi connectivity index (χ3v) is 4.84. The molecule has 2 heterocycles. The van der Waals surface area contributed by atoms with Crippen LogP contribution in [0.5, 0.6) is 0 Å². The van der Waals surface area contributed by atoms with Crippen molar-refractivity contribution in [2.24, 2.45) is 5.92 Å². The lowest BCUT2D eigenvalue weighted by Gasteiger charge is -2.33. The van der Waals surface area contributed by atoms with Crippen LogP contribution in [0.2, 0.25) is 0 Å². The molecular formula is C17H18FN3O3S. The van der Waals surface area contributed by atoms with Gasteiger partial charge in [0, 0.05) is 47.3 Å². The van der Waals surface area contributed by atoms with Gasteiger partial charge in [0.15, 0.2) is 5.78 Å². The highest BCUT2D eigenvalue weighted by molar-refractivity contribution is 7.13. The monoisotopic (exact) mass is 371 g/mol. The van der Waals surface area contributed by atoms with Crippen molar-refractivity contribution in [2.75, 3.05) is 25.0 Å². The zero-order chi connectivity index (χ0) is 21.5. The number of carboxylic acids is 1. The van der Waals surface area contributed by atoms with Crippen LogP contribution in [-0.4, -0.2) is 41.9 Å². The second-order valence-electron chi connectivity index (χ2n) is 5.52. The summed E-state index contributed by atoms with van der Waals surface area (Å²) in [6.45, 7) is -4.68. The van der Waals surface area contributed by atoms with Crippen LogP contribution in [0.3, 0.4) is 0 Å². The summed E-state index contributed by atoms with van der Waals surface area (Å²) in [7, 11) is 1.74. The Labute approximate surface area is 153 Å². The van der Waals surface area contributed by atoms with Gasteiger partial charge in [-0.3, -0.25) is 9.59 Å². The summed E-state index contributed by atoms with van der Waals surface area (Å²) < 4.78 is 46.0. The molecule has 0 spiro atoms. The van der Waals surface area contributed by atoms with E-state index in [1.807, 2.05) is 0 Å². The van der Waals surface area contributed by atoms with Gasteiger partial charge in [0.05, 0.1) is 5.69 Å².